The van der Waals surface area contributed by atoms with Crippen molar-refractivity contribution in [1.82, 2.24) is 15.5 Å². The van der Waals surface area contributed by atoms with Crippen LogP contribution in [-0.2, 0) is 9.53 Å². The van der Waals surface area contributed by atoms with Crippen LogP contribution in [0.15, 0.2) is 48.5 Å². The molecule has 1 aliphatic heterocycles. The number of nitrogens with zero attached hydrogens (tertiary/aromatic N) is 3. The van der Waals surface area contributed by atoms with Crippen LogP contribution in [0.5, 0.6) is 0 Å². The van der Waals surface area contributed by atoms with Gasteiger partial charge in [-0.1, -0.05) is 24.3 Å². The molecule has 0 spiro atoms. The Morgan fingerprint density at radius 2 is 1.77 bits per heavy atom. The normalized spacial score (nSPS) is 16.4. The quantitative estimate of drug-likeness (QED) is 0.636. The smallest absolute Gasteiger partial charge is 0.293 e. The van der Waals surface area contributed by atoms with Gasteiger partial charge in [-0.05, 0) is 52.0 Å². The minimum Gasteiger partial charge on any atom is -0.462 e. The molecule has 2 aromatic carbocycles. The minimum absolute atomic E-state index is 0.248. The molecule has 3 aromatic rings. The Kier molecular flexibility index (Phi) is 7.17. The van der Waals surface area contributed by atoms with Gasteiger partial charge in [-0.2, -0.15) is 0 Å². The predicted molar refractivity (Wildman–Crippen MR) is 122 cm³/mol. The van der Waals surface area contributed by atoms with Crippen LogP contribution in [0.1, 0.15) is 27.7 Å². The van der Waals surface area contributed by atoms with E-state index in [-0.39, 0.29) is 11.4 Å². The monoisotopic (exact) mass is 424 g/mol. The summed E-state index contributed by atoms with van der Waals surface area (Å²) in [5.41, 5.74) is 1.35. The molecule has 2 heterocycles. The molecule has 31 heavy (non-hydrogen) atoms. The summed E-state index contributed by atoms with van der Waals surface area (Å²) in [5, 5.41) is 14.6. The van der Waals surface area contributed by atoms with Crippen molar-refractivity contribution in [3.05, 3.63) is 54.3 Å². The Morgan fingerprint density at radius 1 is 1.10 bits per heavy atom. The van der Waals surface area contributed by atoms with Gasteiger partial charge in [0.15, 0.2) is 5.82 Å². The zero-order chi connectivity index (χ0) is 22.4. The third kappa shape index (κ3) is 5.98. The molecule has 164 valence electrons. The highest BCUT2D eigenvalue weighted by atomic mass is 19.1. The maximum absolute atomic E-state index is 13.2. The average Bonchev–Trinajstić information content (AvgIpc) is 2.73. The fraction of sp³-hybridized carbons (Fsp3) is 0.375. The second kappa shape index (κ2) is 9.83. The first-order valence-electron chi connectivity index (χ1n) is 10.4. The van der Waals surface area contributed by atoms with Gasteiger partial charge in [-0.3, -0.25) is 4.79 Å². The molecule has 0 radical (unpaired) electrons. The number of hydrogen-bond acceptors (Lipinski definition) is 6. The largest absolute Gasteiger partial charge is 0.462 e. The number of anilines is 1. The highest BCUT2D eigenvalue weighted by Gasteiger charge is 2.20. The zero-order valence-electron chi connectivity index (χ0n) is 18.4. The summed E-state index contributed by atoms with van der Waals surface area (Å²) in [4.78, 5) is 11.9. The van der Waals surface area contributed by atoms with Crippen molar-refractivity contribution in [2.75, 3.05) is 24.5 Å². The van der Waals surface area contributed by atoms with Gasteiger partial charge in [-0.15, -0.1) is 10.2 Å². The molecule has 1 unspecified atom stereocenters. The Balaban J connectivity index is 0.000000339. The number of halogens is 1. The summed E-state index contributed by atoms with van der Waals surface area (Å²) < 4.78 is 17.8. The summed E-state index contributed by atoms with van der Waals surface area (Å²) in [6.07, 6.45) is 0. The van der Waals surface area contributed by atoms with E-state index in [0.717, 1.165) is 47.5 Å². The summed E-state index contributed by atoms with van der Waals surface area (Å²) in [6, 6.07) is 15.0. The first-order chi connectivity index (χ1) is 14.8. The van der Waals surface area contributed by atoms with Crippen LogP contribution in [0.3, 0.4) is 0 Å². The van der Waals surface area contributed by atoms with Crippen molar-refractivity contribution < 1.29 is 13.9 Å². The van der Waals surface area contributed by atoms with E-state index in [1.807, 2.05) is 32.9 Å². The topological polar surface area (TPSA) is 67.3 Å². The third-order valence-corrected chi connectivity index (χ3v) is 4.86. The number of nitrogens with one attached hydrogen (secondary N) is 1. The highest BCUT2D eigenvalue weighted by Crippen LogP contribution is 2.31. The highest BCUT2D eigenvalue weighted by molar-refractivity contribution is 6.00. The molecule has 1 N–H and O–H groups in total. The van der Waals surface area contributed by atoms with E-state index in [2.05, 4.69) is 44.2 Å². The first-order valence-corrected chi connectivity index (χ1v) is 10.4. The van der Waals surface area contributed by atoms with E-state index in [1.54, 1.807) is 12.1 Å². The number of hydrogen-bond donors (Lipinski definition) is 1. The van der Waals surface area contributed by atoms with Crippen molar-refractivity contribution >= 4 is 23.1 Å². The molecule has 1 aliphatic rings. The molecule has 1 aromatic heterocycles. The molecular weight excluding hydrogens is 395 g/mol. The summed E-state index contributed by atoms with van der Waals surface area (Å²) in [6.45, 7) is 10.9. The second-order valence-corrected chi connectivity index (χ2v) is 8.55. The van der Waals surface area contributed by atoms with Gasteiger partial charge in [0.25, 0.3) is 6.47 Å². The van der Waals surface area contributed by atoms with Gasteiger partial charge in [0.1, 0.15) is 17.1 Å². The fourth-order valence-electron chi connectivity index (χ4n) is 3.41. The fourth-order valence-corrected chi connectivity index (χ4v) is 3.41. The van der Waals surface area contributed by atoms with Gasteiger partial charge in [-0.25, -0.2) is 4.39 Å². The van der Waals surface area contributed by atoms with E-state index < -0.39 is 0 Å². The molecular formula is C24H29FN4O2. The lowest BCUT2D eigenvalue weighted by Gasteiger charge is -2.33. The average molecular weight is 425 g/mol. The van der Waals surface area contributed by atoms with E-state index in [0.29, 0.717) is 12.5 Å². The van der Waals surface area contributed by atoms with Crippen LogP contribution < -0.4 is 10.2 Å². The van der Waals surface area contributed by atoms with Crippen LogP contribution >= 0.6 is 0 Å². The van der Waals surface area contributed by atoms with Gasteiger partial charge in [0, 0.05) is 42.0 Å². The van der Waals surface area contributed by atoms with Crippen LogP contribution in [0, 0.1) is 5.82 Å². The van der Waals surface area contributed by atoms with Crippen LogP contribution in [0.2, 0.25) is 0 Å². The van der Waals surface area contributed by atoms with E-state index in [1.165, 1.54) is 12.1 Å². The summed E-state index contributed by atoms with van der Waals surface area (Å²) in [5.74, 6) is 0.673. The standard InChI is InChI=1S/C19H19FN4.C5H10O2/c1-13-12-24(11-10-21-13)19-17-5-3-2-4-16(17)18(22-23-19)14-6-8-15(20)9-7-14;1-5(2,3)7-4-6/h2-9,13,21H,10-12H2,1H3;4H,1-3H3. The molecule has 1 fully saturated rings. The number of benzene rings is 2. The number of piperazine rings is 1. The lowest BCUT2D eigenvalue weighted by Crippen LogP contribution is -2.49. The molecule has 0 amide bonds. The van der Waals surface area contributed by atoms with Crippen molar-refractivity contribution in [3.63, 3.8) is 0 Å². The summed E-state index contributed by atoms with van der Waals surface area (Å²) in [7, 11) is 0. The van der Waals surface area contributed by atoms with Gasteiger partial charge >= 0.3 is 0 Å². The zero-order valence-corrected chi connectivity index (χ0v) is 18.4. The van der Waals surface area contributed by atoms with Crippen LogP contribution in [0.4, 0.5) is 10.2 Å². The van der Waals surface area contributed by atoms with Gasteiger partial charge in [0.2, 0.25) is 0 Å². The van der Waals surface area contributed by atoms with Crippen molar-refractivity contribution in [1.29, 1.82) is 0 Å². The van der Waals surface area contributed by atoms with E-state index >= 15 is 0 Å². The Bertz CT molecular complexity index is 1020. The predicted octanol–water partition coefficient (Wildman–Crippen LogP) is 4.19. The Hall–Kier alpha value is -3.06. The molecule has 7 heteroatoms. The molecule has 4 rings (SSSR count). The molecule has 1 saturated heterocycles. The molecule has 0 saturated carbocycles. The third-order valence-electron chi connectivity index (χ3n) is 4.86. The maximum Gasteiger partial charge on any atom is 0.293 e. The Labute approximate surface area is 182 Å². The molecule has 6 nitrogen and oxygen atoms in total. The maximum atomic E-state index is 13.2. The number of carbonyl (C=O) groups excluding carboxylic acids is 1. The molecule has 0 aliphatic carbocycles. The number of ether oxygens (including phenoxy) is 1. The van der Waals surface area contributed by atoms with Gasteiger partial charge in [0.05, 0.1) is 0 Å². The van der Waals surface area contributed by atoms with Gasteiger partial charge < -0.3 is 15.0 Å². The van der Waals surface area contributed by atoms with Crippen molar-refractivity contribution in [3.8, 4) is 11.3 Å². The van der Waals surface area contributed by atoms with Crippen molar-refractivity contribution in [2.45, 2.75) is 39.3 Å². The van der Waals surface area contributed by atoms with E-state index in [9.17, 15) is 9.18 Å². The number of rotatable bonds is 3. The lowest BCUT2D eigenvalue weighted by atomic mass is 10.0. The van der Waals surface area contributed by atoms with Crippen LogP contribution in [0.25, 0.3) is 22.0 Å². The number of carbonyl (C=O) groups is 1. The molecule has 0 bridgehead atoms. The van der Waals surface area contributed by atoms with Crippen LogP contribution in [-0.4, -0.2) is 47.9 Å². The first kappa shape index (κ1) is 22.6. The summed E-state index contributed by atoms with van der Waals surface area (Å²) >= 11 is 0. The number of aromatic nitrogens is 2. The second-order valence-electron chi connectivity index (χ2n) is 8.55. The minimum atomic E-state index is -0.318. The SMILES string of the molecule is CC(C)(C)OC=O.CC1CN(c2nnc(-c3ccc(F)cc3)c3ccccc23)CCN1. The van der Waals surface area contributed by atoms with Crippen molar-refractivity contribution in [2.24, 2.45) is 0 Å². The Morgan fingerprint density at radius 3 is 2.35 bits per heavy atom. The molecule has 1 atom stereocenters. The lowest BCUT2D eigenvalue weighted by molar-refractivity contribution is -0.138. The van der Waals surface area contributed by atoms with E-state index in [4.69, 9.17) is 0 Å². The number of fused-ring (bicyclic) bond motifs is 1.